The number of benzene rings is 1. The van der Waals surface area contributed by atoms with Crippen LogP contribution >= 0.6 is 0 Å². The minimum absolute atomic E-state index is 0.0403. The van der Waals surface area contributed by atoms with Gasteiger partial charge in [-0.1, -0.05) is 30.3 Å². The molecule has 0 radical (unpaired) electrons. The van der Waals surface area contributed by atoms with Crippen molar-refractivity contribution in [2.24, 2.45) is 0 Å². The molecular formula is C19H20F3N3O2. The summed E-state index contributed by atoms with van der Waals surface area (Å²) >= 11 is 0. The van der Waals surface area contributed by atoms with Crippen LogP contribution in [0.2, 0.25) is 0 Å². The van der Waals surface area contributed by atoms with E-state index in [1.165, 1.54) is 0 Å². The molecule has 1 fully saturated rings. The molecule has 0 aliphatic carbocycles. The number of hydrogen-bond acceptors (Lipinski definition) is 4. The molecule has 144 valence electrons. The van der Waals surface area contributed by atoms with Crippen molar-refractivity contribution in [1.29, 1.82) is 0 Å². The Bertz CT molecular complexity index is 745. The number of pyridine rings is 1. The molecule has 1 aliphatic heterocycles. The Morgan fingerprint density at radius 3 is 2.44 bits per heavy atom. The summed E-state index contributed by atoms with van der Waals surface area (Å²) in [5, 5.41) is 2.81. The van der Waals surface area contributed by atoms with Crippen molar-refractivity contribution in [2.75, 3.05) is 32.8 Å². The molecule has 1 atom stereocenters. The molecule has 1 aromatic carbocycles. The van der Waals surface area contributed by atoms with Crippen LogP contribution in [0.3, 0.4) is 0 Å². The highest BCUT2D eigenvalue weighted by atomic mass is 19.4. The topological polar surface area (TPSA) is 54.5 Å². The number of carbonyl (C=O) groups excluding carboxylic acids is 1. The number of carbonyl (C=O) groups is 1. The normalized spacial score (nSPS) is 16.7. The molecule has 2 heterocycles. The summed E-state index contributed by atoms with van der Waals surface area (Å²) in [4.78, 5) is 17.9. The molecule has 1 unspecified atom stereocenters. The Morgan fingerprint density at radius 2 is 1.85 bits per heavy atom. The lowest BCUT2D eigenvalue weighted by Gasteiger charge is -2.35. The zero-order chi connectivity index (χ0) is 19.3. The van der Waals surface area contributed by atoms with Crippen LogP contribution in [0.1, 0.15) is 27.7 Å². The molecule has 1 amide bonds. The zero-order valence-corrected chi connectivity index (χ0v) is 14.6. The number of nitrogens with one attached hydrogen (secondary N) is 1. The first-order valence-corrected chi connectivity index (χ1v) is 8.63. The summed E-state index contributed by atoms with van der Waals surface area (Å²) in [6.07, 6.45) is -3.58. The number of rotatable bonds is 5. The van der Waals surface area contributed by atoms with Gasteiger partial charge in [0.15, 0.2) is 0 Å². The largest absolute Gasteiger partial charge is 0.433 e. The Balaban J connectivity index is 1.68. The van der Waals surface area contributed by atoms with E-state index >= 15 is 0 Å². The van der Waals surface area contributed by atoms with Gasteiger partial charge in [-0.2, -0.15) is 13.2 Å². The number of nitrogens with zero attached hydrogens (tertiary/aromatic N) is 2. The van der Waals surface area contributed by atoms with Crippen molar-refractivity contribution in [2.45, 2.75) is 12.2 Å². The summed E-state index contributed by atoms with van der Waals surface area (Å²) in [5.74, 6) is -0.453. The third kappa shape index (κ3) is 5.05. The summed E-state index contributed by atoms with van der Waals surface area (Å²) in [7, 11) is 0. The average molecular weight is 379 g/mol. The van der Waals surface area contributed by atoms with Crippen molar-refractivity contribution in [3.05, 3.63) is 65.5 Å². The minimum Gasteiger partial charge on any atom is -0.379 e. The van der Waals surface area contributed by atoms with E-state index in [0.717, 1.165) is 37.0 Å². The van der Waals surface area contributed by atoms with Crippen molar-refractivity contribution >= 4 is 5.91 Å². The van der Waals surface area contributed by atoms with E-state index in [0.29, 0.717) is 19.8 Å². The van der Waals surface area contributed by atoms with E-state index in [2.05, 4.69) is 15.2 Å². The predicted octanol–water partition coefficient (Wildman–Crippen LogP) is 2.90. The van der Waals surface area contributed by atoms with E-state index in [-0.39, 0.29) is 11.6 Å². The number of halogens is 3. The standard InChI is InChI=1S/C19H20F3N3O2/c20-19(21,22)17-7-6-15(12-23-17)18(26)24-13-16(14-4-2-1-3-5-14)25-8-10-27-11-9-25/h1-7,12,16H,8-11,13H2,(H,24,26). The Morgan fingerprint density at radius 1 is 1.15 bits per heavy atom. The van der Waals surface area contributed by atoms with Gasteiger partial charge in [-0.3, -0.25) is 14.7 Å². The first-order chi connectivity index (χ1) is 12.9. The summed E-state index contributed by atoms with van der Waals surface area (Å²) in [6.45, 7) is 3.08. The Hall–Kier alpha value is -2.45. The maximum atomic E-state index is 12.6. The van der Waals surface area contributed by atoms with Gasteiger partial charge in [-0.05, 0) is 17.7 Å². The van der Waals surface area contributed by atoms with E-state index in [9.17, 15) is 18.0 Å². The third-order valence-corrected chi connectivity index (χ3v) is 4.44. The SMILES string of the molecule is O=C(NCC(c1ccccc1)N1CCOCC1)c1ccc(C(F)(F)F)nc1. The highest BCUT2D eigenvalue weighted by molar-refractivity contribution is 5.93. The van der Waals surface area contributed by atoms with Gasteiger partial charge in [0.25, 0.3) is 5.91 Å². The van der Waals surface area contributed by atoms with Crippen LogP contribution in [0.15, 0.2) is 48.7 Å². The van der Waals surface area contributed by atoms with Crippen LogP contribution in [0, 0.1) is 0 Å². The minimum atomic E-state index is -4.52. The lowest BCUT2D eigenvalue weighted by Crippen LogP contribution is -2.43. The fourth-order valence-electron chi connectivity index (χ4n) is 3.01. The van der Waals surface area contributed by atoms with Gasteiger partial charge in [-0.25, -0.2) is 0 Å². The van der Waals surface area contributed by atoms with Crippen LogP contribution in [0.4, 0.5) is 13.2 Å². The molecule has 0 spiro atoms. The Kier molecular flexibility index (Phi) is 6.08. The van der Waals surface area contributed by atoms with E-state index in [1.54, 1.807) is 0 Å². The van der Waals surface area contributed by atoms with Crippen molar-refractivity contribution in [3.63, 3.8) is 0 Å². The van der Waals surface area contributed by atoms with E-state index in [4.69, 9.17) is 4.74 Å². The number of morpholine rings is 1. The van der Waals surface area contributed by atoms with Crippen LogP contribution in [0.5, 0.6) is 0 Å². The predicted molar refractivity (Wildman–Crippen MR) is 93.1 cm³/mol. The van der Waals surface area contributed by atoms with Crippen molar-refractivity contribution in [3.8, 4) is 0 Å². The highest BCUT2D eigenvalue weighted by Gasteiger charge is 2.32. The number of ether oxygens (including phenoxy) is 1. The monoisotopic (exact) mass is 379 g/mol. The molecule has 27 heavy (non-hydrogen) atoms. The molecule has 1 N–H and O–H groups in total. The van der Waals surface area contributed by atoms with Gasteiger partial charge in [0, 0.05) is 25.8 Å². The Labute approximate surface area is 155 Å². The summed E-state index contributed by atoms with van der Waals surface area (Å²) in [6, 6.07) is 11.7. The lowest BCUT2D eigenvalue weighted by atomic mass is 10.0. The fraction of sp³-hybridized carbons (Fsp3) is 0.368. The molecule has 1 aromatic heterocycles. The number of alkyl halides is 3. The fourth-order valence-corrected chi connectivity index (χ4v) is 3.01. The van der Waals surface area contributed by atoms with E-state index < -0.39 is 17.8 Å². The smallest absolute Gasteiger partial charge is 0.379 e. The molecule has 1 saturated heterocycles. The number of aromatic nitrogens is 1. The maximum Gasteiger partial charge on any atom is 0.433 e. The van der Waals surface area contributed by atoms with Gasteiger partial charge in [-0.15, -0.1) is 0 Å². The third-order valence-electron chi connectivity index (χ3n) is 4.44. The zero-order valence-electron chi connectivity index (χ0n) is 14.6. The van der Waals surface area contributed by atoms with Crippen LogP contribution < -0.4 is 5.32 Å². The molecule has 1 aliphatic rings. The van der Waals surface area contributed by atoms with Gasteiger partial charge in [0.05, 0.1) is 24.8 Å². The van der Waals surface area contributed by atoms with Crippen LogP contribution in [-0.2, 0) is 10.9 Å². The van der Waals surface area contributed by atoms with Gasteiger partial charge < -0.3 is 10.1 Å². The molecule has 2 aromatic rings. The molecular weight excluding hydrogens is 359 g/mol. The number of amides is 1. The molecule has 0 saturated carbocycles. The molecule has 3 rings (SSSR count). The number of hydrogen-bond donors (Lipinski definition) is 1. The quantitative estimate of drug-likeness (QED) is 0.868. The second-order valence-corrected chi connectivity index (χ2v) is 6.21. The van der Waals surface area contributed by atoms with Crippen LogP contribution in [-0.4, -0.2) is 48.6 Å². The van der Waals surface area contributed by atoms with Crippen molar-refractivity contribution in [1.82, 2.24) is 15.2 Å². The van der Waals surface area contributed by atoms with Gasteiger partial charge in [0.1, 0.15) is 5.69 Å². The molecule has 5 nitrogen and oxygen atoms in total. The lowest BCUT2D eigenvalue weighted by molar-refractivity contribution is -0.141. The average Bonchev–Trinajstić information content (AvgIpc) is 2.69. The first-order valence-electron chi connectivity index (χ1n) is 8.63. The van der Waals surface area contributed by atoms with Crippen LogP contribution in [0.25, 0.3) is 0 Å². The second kappa shape index (κ2) is 8.49. The van der Waals surface area contributed by atoms with Crippen molar-refractivity contribution < 1.29 is 22.7 Å². The summed E-state index contributed by atoms with van der Waals surface area (Å²) < 4.78 is 43.2. The summed E-state index contributed by atoms with van der Waals surface area (Å²) in [5.41, 5.74) is 0.136. The van der Waals surface area contributed by atoms with E-state index in [1.807, 2.05) is 30.3 Å². The highest BCUT2D eigenvalue weighted by Crippen LogP contribution is 2.27. The maximum absolute atomic E-state index is 12.6. The molecule has 8 heteroatoms. The first kappa shape index (κ1) is 19.3. The van der Waals surface area contributed by atoms with Gasteiger partial charge >= 0.3 is 6.18 Å². The van der Waals surface area contributed by atoms with Gasteiger partial charge in [0.2, 0.25) is 0 Å². The second-order valence-electron chi connectivity index (χ2n) is 6.21. The molecule has 0 bridgehead atoms.